The van der Waals surface area contributed by atoms with Gasteiger partial charge in [0.25, 0.3) is 0 Å². The molecule has 0 aromatic heterocycles. The van der Waals surface area contributed by atoms with Crippen molar-refractivity contribution in [3.05, 3.63) is 0 Å². The molecule has 2 aliphatic heterocycles. The van der Waals surface area contributed by atoms with Crippen LogP contribution in [0.2, 0.25) is 0 Å². The fourth-order valence-electron chi connectivity index (χ4n) is 3.35. The van der Waals surface area contributed by atoms with Crippen LogP contribution in [0.3, 0.4) is 0 Å². The number of hydrogen-bond acceptors (Lipinski definition) is 2. The lowest BCUT2D eigenvalue weighted by atomic mass is 9.93. The second-order valence-electron chi connectivity index (χ2n) is 5.44. The highest BCUT2D eigenvalue weighted by molar-refractivity contribution is 5.97. The summed E-state index contributed by atoms with van der Waals surface area (Å²) in [4.78, 5) is 28.7. The van der Waals surface area contributed by atoms with E-state index >= 15 is 0 Å². The quantitative estimate of drug-likeness (QED) is 0.768. The molecule has 0 radical (unpaired) electrons. The smallest absolute Gasteiger partial charge is 0.246 e. The van der Waals surface area contributed by atoms with Crippen molar-refractivity contribution in [1.29, 1.82) is 0 Å². The summed E-state index contributed by atoms with van der Waals surface area (Å²) in [6.07, 6.45) is 4.78. The van der Waals surface area contributed by atoms with Crippen molar-refractivity contribution in [3.8, 4) is 0 Å². The normalized spacial score (nSPS) is 28.9. The number of amides is 2. The molecule has 0 aliphatic carbocycles. The molecule has 0 aromatic carbocycles. The van der Waals surface area contributed by atoms with E-state index in [1.165, 1.54) is 0 Å². The molecule has 2 heterocycles. The second-order valence-corrected chi connectivity index (χ2v) is 5.44. The Kier molecular flexibility index (Phi) is 3.93. The van der Waals surface area contributed by atoms with Crippen molar-refractivity contribution >= 4 is 11.8 Å². The van der Waals surface area contributed by atoms with Crippen LogP contribution < -0.4 is 0 Å². The van der Waals surface area contributed by atoms with Gasteiger partial charge in [-0.25, -0.2) is 0 Å². The first-order valence-corrected chi connectivity index (χ1v) is 7.24. The molecule has 2 unspecified atom stereocenters. The van der Waals surface area contributed by atoms with Gasteiger partial charge in [0, 0.05) is 12.6 Å². The minimum atomic E-state index is -0.281. The Morgan fingerprint density at radius 2 is 1.83 bits per heavy atom. The molecular weight excluding hydrogens is 228 g/mol. The largest absolute Gasteiger partial charge is 0.329 e. The lowest BCUT2D eigenvalue weighted by Crippen LogP contribution is -2.66. The number of fused-ring (bicyclic) bond motifs is 1. The molecule has 4 heteroatoms. The van der Waals surface area contributed by atoms with E-state index in [2.05, 4.69) is 13.8 Å². The van der Waals surface area contributed by atoms with Crippen LogP contribution >= 0.6 is 0 Å². The highest BCUT2D eigenvalue weighted by atomic mass is 16.2. The molecule has 2 fully saturated rings. The van der Waals surface area contributed by atoms with E-state index in [-0.39, 0.29) is 29.9 Å². The summed E-state index contributed by atoms with van der Waals surface area (Å²) < 4.78 is 0. The Hall–Kier alpha value is -1.06. The van der Waals surface area contributed by atoms with E-state index in [1.54, 1.807) is 0 Å². The molecule has 0 saturated carbocycles. The van der Waals surface area contributed by atoms with Crippen molar-refractivity contribution in [2.24, 2.45) is 0 Å². The SMILES string of the molecule is CCC(CC)N1C(=O)C2CCCCN2C(=O)C1C. The van der Waals surface area contributed by atoms with E-state index in [0.29, 0.717) is 0 Å². The van der Waals surface area contributed by atoms with Gasteiger partial charge in [0.1, 0.15) is 12.1 Å². The molecule has 0 bridgehead atoms. The topological polar surface area (TPSA) is 40.6 Å². The van der Waals surface area contributed by atoms with Crippen LogP contribution in [0.25, 0.3) is 0 Å². The maximum absolute atomic E-state index is 12.6. The van der Waals surface area contributed by atoms with E-state index in [0.717, 1.165) is 38.6 Å². The van der Waals surface area contributed by atoms with E-state index in [1.807, 2.05) is 16.7 Å². The molecule has 18 heavy (non-hydrogen) atoms. The molecule has 2 atom stereocenters. The predicted molar refractivity (Wildman–Crippen MR) is 70.0 cm³/mol. The van der Waals surface area contributed by atoms with Gasteiger partial charge in [0.15, 0.2) is 0 Å². The second kappa shape index (κ2) is 5.29. The third-order valence-electron chi connectivity index (χ3n) is 4.44. The first kappa shape index (κ1) is 13.4. The van der Waals surface area contributed by atoms with Gasteiger partial charge in [0.2, 0.25) is 11.8 Å². The highest BCUT2D eigenvalue weighted by Crippen LogP contribution is 2.28. The zero-order valence-electron chi connectivity index (χ0n) is 11.7. The molecule has 2 aliphatic rings. The van der Waals surface area contributed by atoms with Crippen LogP contribution in [-0.4, -0.2) is 46.3 Å². The first-order chi connectivity index (χ1) is 8.61. The van der Waals surface area contributed by atoms with Crippen LogP contribution in [-0.2, 0) is 9.59 Å². The van der Waals surface area contributed by atoms with Gasteiger partial charge >= 0.3 is 0 Å². The fourth-order valence-corrected chi connectivity index (χ4v) is 3.35. The predicted octanol–water partition coefficient (Wildman–Crippen LogP) is 1.79. The monoisotopic (exact) mass is 252 g/mol. The number of carbonyl (C=O) groups excluding carboxylic acids is 2. The first-order valence-electron chi connectivity index (χ1n) is 7.24. The van der Waals surface area contributed by atoms with Crippen molar-refractivity contribution in [2.45, 2.75) is 71.0 Å². The van der Waals surface area contributed by atoms with Crippen molar-refractivity contribution in [3.63, 3.8) is 0 Å². The minimum Gasteiger partial charge on any atom is -0.329 e. The third-order valence-corrected chi connectivity index (χ3v) is 4.44. The van der Waals surface area contributed by atoms with Crippen molar-refractivity contribution < 1.29 is 9.59 Å². The molecular formula is C14H24N2O2. The maximum atomic E-state index is 12.6. The van der Waals surface area contributed by atoms with Gasteiger partial charge in [0.05, 0.1) is 0 Å². The lowest BCUT2D eigenvalue weighted by Gasteiger charge is -2.48. The summed E-state index contributed by atoms with van der Waals surface area (Å²) in [5.74, 6) is 0.321. The van der Waals surface area contributed by atoms with Crippen LogP contribution in [0.1, 0.15) is 52.9 Å². The third kappa shape index (κ3) is 2.02. The lowest BCUT2D eigenvalue weighted by molar-refractivity contribution is -0.165. The van der Waals surface area contributed by atoms with E-state index < -0.39 is 0 Å². The van der Waals surface area contributed by atoms with Crippen LogP contribution in [0.15, 0.2) is 0 Å². The minimum absolute atomic E-state index is 0.145. The molecule has 2 amide bonds. The summed E-state index contributed by atoms with van der Waals surface area (Å²) in [5, 5.41) is 0. The summed E-state index contributed by atoms with van der Waals surface area (Å²) in [6, 6.07) is -0.250. The summed E-state index contributed by atoms with van der Waals surface area (Å²) in [6.45, 7) is 6.82. The zero-order chi connectivity index (χ0) is 13.3. The number of piperazine rings is 1. The Bertz CT molecular complexity index is 339. The number of piperidine rings is 1. The molecule has 0 spiro atoms. The molecule has 0 N–H and O–H groups in total. The Labute approximate surface area is 109 Å². The Morgan fingerprint density at radius 1 is 1.17 bits per heavy atom. The van der Waals surface area contributed by atoms with Gasteiger partial charge < -0.3 is 9.80 Å². The molecule has 4 nitrogen and oxygen atoms in total. The van der Waals surface area contributed by atoms with Crippen LogP contribution in [0.4, 0.5) is 0 Å². The van der Waals surface area contributed by atoms with Gasteiger partial charge in [-0.2, -0.15) is 0 Å². The van der Waals surface area contributed by atoms with Gasteiger partial charge in [-0.1, -0.05) is 13.8 Å². The fraction of sp³-hybridized carbons (Fsp3) is 0.857. The number of hydrogen-bond donors (Lipinski definition) is 0. The maximum Gasteiger partial charge on any atom is 0.246 e. The van der Waals surface area contributed by atoms with Gasteiger partial charge in [-0.3, -0.25) is 9.59 Å². The van der Waals surface area contributed by atoms with Crippen molar-refractivity contribution in [1.82, 2.24) is 9.80 Å². The highest BCUT2D eigenvalue weighted by Gasteiger charge is 2.46. The number of carbonyl (C=O) groups is 2. The van der Waals surface area contributed by atoms with E-state index in [4.69, 9.17) is 0 Å². The number of nitrogens with zero attached hydrogens (tertiary/aromatic N) is 2. The molecule has 0 aromatic rings. The molecule has 2 saturated heterocycles. The molecule has 102 valence electrons. The standard InChI is InChI=1S/C14H24N2O2/c1-4-11(5-2)16-10(3)13(17)15-9-7-6-8-12(15)14(16)18/h10-12H,4-9H2,1-3H3. The van der Waals surface area contributed by atoms with Gasteiger partial charge in [-0.15, -0.1) is 0 Å². The average Bonchev–Trinajstić information content (AvgIpc) is 2.41. The van der Waals surface area contributed by atoms with Crippen LogP contribution in [0, 0.1) is 0 Å². The Balaban J connectivity index is 2.26. The van der Waals surface area contributed by atoms with E-state index in [9.17, 15) is 9.59 Å². The van der Waals surface area contributed by atoms with Gasteiger partial charge in [-0.05, 0) is 39.0 Å². The van der Waals surface area contributed by atoms with Crippen LogP contribution in [0.5, 0.6) is 0 Å². The van der Waals surface area contributed by atoms with Crippen molar-refractivity contribution in [2.75, 3.05) is 6.54 Å². The zero-order valence-corrected chi connectivity index (χ0v) is 11.7. The summed E-state index contributed by atoms with van der Waals surface area (Å²) in [5.41, 5.74) is 0. The average molecular weight is 252 g/mol. The Morgan fingerprint density at radius 3 is 2.44 bits per heavy atom. The summed E-state index contributed by atoms with van der Waals surface area (Å²) in [7, 11) is 0. The summed E-state index contributed by atoms with van der Waals surface area (Å²) >= 11 is 0. The molecule has 2 rings (SSSR count). The number of rotatable bonds is 3.